The fourth-order valence-electron chi connectivity index (χ4n) is 2.51. The number of para-hydroxylation sites is 2. The summed E-state index contributed by atoms with van der Waals surface area (Å²) in [5.41, 5.74) is 1.23. The Kier molecular flexibility index (Phi) is 4.88. The lowest BCUT2D eigenvalue weighted by Crippen LogP contribution is -2.30. The van der Waals surface area contributed by atoms with E-state index in [0.29, 0.717) is 6.04 Å². The van der Waals surface area contributed by atoms with Crippen LogP contribution in [0.5, 0.6) is 5.75 Å². The van der Waals surface area contributed by atoms with Gasteiger partial charge < -0.3 is 15.0 Å². The standard InChI is InChI=1S/C15H24N2O/c1-3-13-9-11-17(12-10-16-13)14-7-5-6-8-15(14)18-4-2/h5-8,13,16H,3-4,9-12H2,1-2H3. The van der Waals surface area contributed by atoms with E-state index in [1.165, 1.54) is 18.5 Å². The zero-order valence-corrected chi connectivity index (χ0v) is 11.5. The molecule has 1 heterocycles. The summed E-state index contributed by atoms with van der Waals surface area (Å²) in [5.74, 6) is 1.01. The van der Waals surface area contributed by atoms with E-state index in [1.807, 2.05) is 13.0 Å². The van der Waals surface area contributed by atoms with Crippen molar-refractivity contribution in [2.24, 2.45) is 0 Å². The van der Waals surface area contributed by atoms with E-state index in [0.717, 1.165) is 32.0 Å². The molecule has 100 valence electrons. The van der Waals surface area contributed by atoms with Crippen LogP contribution in [0.25, 0.3) is 0 Å². The van der Waals surface area contributed by atoms with E-state index in [-0.39, 0.29) is 0 Å². The summed E-state index contributed by atoms with van der Waals surface area (Å²) < 4.78 is 5.72. The van der Waals surface area contributed by atoms with E-state index in [9.17, 15) is 0 Å². The molecule has 0 spiro atoms. The third-order valence-corrected chi connectivity index (χ3v) is 3.56. The molecule has 0 amide bonds. The molecular formula is C15H24N2O. The molecule has 1 aliphatic rings. The highest BCUT2D eigenvalue weighted by Crippen LogP contribution is 2.28. The molecule has 0 bridgehead atoms. The maximum Gasteiger partial charge on any atom is 0.142 e. The molecule has 2 rings (SSSR count). The van der Waals surface area contributed by atoms with Gasteiger partial charge in [-0.3, -0.25) is 0 Å². The number of hydrogen-bond donors (Lipinski definition) is 1. The van der Waals surface area contributed by atoms with Crippen LogP contribution in [0, 0.1) is 0 Å². The number of rotatable bonds is 4. The van der Waals surface area contributed by atoms with Gasteiger partial charge in [0.15, 0.2) is 0 Å². The molecule has 0 saturated carbocycles. The molecule has 3 heteroatoms. The van der Waals surface area contributed by atoms with E-state index < -0.39 is 0 Å². The lowest BCUT2D eigenvalue weighted by molar-refractivity contribution is 0.340. The van der Waals surface area contributed by atoms with Gasteiger partial charge in [-0.25, -0.2) is 0 Å². The van der Waals surface area contributed by atoms with Crippen molar-refractivity contribution in [1.29, 1.82) is 0 Å². The largest absolute Gasteiger partial charge is 0.492 e. The minimum atomic E-state index is 0.661. The smallest absolute Gasteiger partial charge is 0.142 e. The number of anilines is 1. The molecule has 18 heavy (non-hydrogen) atoms. The topological polar surface area (TPSA) is 24.5 Å². The molecule has 1 atom stereocenters. The molecule has 1 N–H and O–H groups in total. The molecule has 1 aliphatic heterocycles. The lowest BCUT2D eigenvalue weighted by atomic mass is 10.1. The average Bonchev–Trinajstić information content (AvgIpc) is 2.65. The Morgan fingerprint density at radius 2 is 2.11 bits per heavy atom. The van der Waals surface area contributed by atoms with Gasteiger partial charge in [0, 0.05) is 25.7 Å². The normalized spacial score (nSPS) is 20.6. The molecule has 0 aliphatic carbocycles. The third kappa shape index (κ3) is 3.16. The quantitative estimate of drug-likeness (QED) is 0.886. The Balaban J connectivity index is 2.10. The highest BCUT2D eigenvalue weighted by molar-refractivity contribution is 5.58. The van der Waals surface area contributed by atoms with E-state index in [1.54, 1.807) is 0 Å². The fraction of sp³-hybridized carbons (Fsp3) is 0.600. The lowest BCUT2D eigenvalue weighted by Gasteiger charge is -2.24. The molecule has 1 saturated heterocycles. The first-order valence-corrected chi connectivity index (χ1v) is 7.05. The summed E-state index contributed by atoms with van der Waals surface area (Å²) >= 11 is 0. The van der Waals surface area contributed by atoms with Crippen LogP contribution in [0.15, 0.2) is 24.3 Å². The Morgan fingerprint density at radius 3 is 2.89 bits per heavy atom. The third-order valence-electron chi connectivity index (χ3n) is 3.56. The molecule has 3 nitrogen and oxygen atoms in total. The van der Waals surface area contributed by atoms with Gasteiger partial charge in [0.25, 0.3) is 0 Å². The summed E-state index contributed by atoms with van der Waals surface area (Å²) in [7, 11) is 0. The number of nitrogens with zero attached hydrogens (tertiary/aromatic N) is 1. The van der Waals surface area contributed by atoms with Crippen molar-refractivity contribution >= 4 is 5.69 Å². The van der Waals surface area contributed by atoms with Gasteiger partial charge >= 0.3 is 0 Å². The predicted molar refractivity (Wildman–Crippen MR) is 76.5 cm³/mol. The zero-order chi connectivity index (χ0) is 12.8. The molecule has 1 fully saturated rings. The van der Waals surface area contributed by atoms with Gasteiger partial charge in [-0.1, -0.05) is 19.1 Å². The summed E-state index contributed by atoms with van der Waals surface area (Å²) in [6.07, 6.45) is 2.41. The average molecular weight is 248 g/mol. The van der Waals surface area contributed by atoms with Crippen molar-refractivity contribution in [3.63, 3.8) is 0 Å². The van der Waals surface area contributed by atoms with Crippen molar-refractivity contribution in [3.8, 4) is 5.75 Å². The molecule has 1 aromatic carbocycles. The number of benzene rings is 1. The van der Waals surface area contributed by atoms with E-state index in [4.69, 9.17) is 4.74 Å². The first-order valence-electron chi connectivity index (χ1n) is 7.05. The predicted octanol–water partition coefficient (Wildman–Crippen LogP) is 2.66. The van der Waals surface area contributed by atoms with Gasteiger partial charge in [0.1, 0.15) is 5.75 Å². The SMILES string of the molecule is CCOc1ccccc1N1CCNC(CC)CC1. The first-order chi connectivity index (χ1) is 8.85. The van der Waals surface area contributed by atoms with Crippen molar-refractivity contribution in [3.05, 3.63) is 24.3 Å². The van der Waals surface area contributed by atoms with Crippen molar-refractivity contribution < 1.29 is 4.74 Å². The second-order valence-corrected chi connectivity index (χ2v) is 4.74. The highest BCUT2D eigenvalue weighted by atomic mass is 16.5. The van der Waals surface area contributed by atoms with Crippen LogP contribution in [-0.2, 0) is 0 Å². The van der Waals surface area contributed by atoms with Crippen LogP contribution in [-0.4, -0.2) is 32.3 Å². The summed E-state index contributed by atoms with van der Waals surface area (Å²) in [4.78, 5) is 2.44. The summed E-state index contributed by atoms with van der Waals surface area (Å²) in [6.45, 7) is 8.23. The number of hydrogen-bond acceptors (Lipinski definition) is 3. The minimum Gasteiger partial charge on any atom is -0.492 e. The second kappa shape index (κ2) is 6.64. The van der Waals surface area contributed by atoms with Crippen LogP contribution in [0.3, 0.4) is 0 Å². The fourth-order valence-corrected chi connectivity index (χ4v) is 2.51. The molecule has 1 unspecified atom stereocenters. The maximum absolute atomic E-state index is 5.72. The maximum atomic E-state index is 5.72. The first kappa shape index (κ1) is 13.2. The van der Waals surface area contributed by atoms with Gasteiger partial charge in [-0.05, 0) is 31.9 Å². The Hall–Kier alpha value is -1.22. The van der Waals surface area contributed by atoms with Gasteiger partial charge in [-0.15, -0.1) is 0 Å². The van der Waals surface area contributed by atoms with Gasteiger partial charge in [-0.2, -0.15) is 0 Å². The highest BCUT2D eigenvalue weighted by Gasteiger charge is 2.17. The second-order valence-electron chi connectivity index (χ2n) is 4.74. The van der Waals surface area contributed by atoms with Crippen LogP contribution < -0.4 is 15.0 Å². The Morgan fingerprint density at radius 1 is 1.28 bits per heavy atom. The van der Waals surface area contributed by atoms with Crippen LogP contribution in [0.4, 0.5) is 5.69 Å². The summed E-state index contributed by atoms with van der Waals surface area (Å²) in [6, 6.07) is 9.02. The summed E-state index contributed by atoms with van der Waals surface area (Å²) in [5, 5.41) is 3.60. The van der Waals surface area contributed by atoms with Crippen molar-refractivity contribution in [1.82, 2.24) is 5.32 Å². The van der Waals surface area contributed by atoms with Crippen LogP contribution in [0.1, 0.15) is 26.7 Å². The Labute approximate surface area is 110 Å². The minimum absolute atomic E-state index is 0.661. The Bertz CT molecular complexity index is 367. The van der Waals surface area contributed by atoms with Crippen LogP contribution >= 0.6 is 0 Å². The number of ether oxygens (including phenoxy) is 1. The van der Waals surface area contributed by atoms with E-state index >= 15 is 0 Å². The monoisotopic (exact) mass is 248 g/mol. The van der Waals surface area contributed by atoms with Gasteiger partial charge in [0.05, 0.1) is 12.3 Å². The van der Waals surface area contributed by atoms with Crippen molar-refractivity contribution in [2.75, 3.05) is 31.1 Å². The molecule has 0 radical (unpaired) electrons. The zero-order valence-electron chi connectivity index (χ0n) is 11.5. The van der Waals surface area contributed by atoms with Crippen LogP contribution in [0.2, 0.25) is 0 Å². The van der Waals surface area contributed by atoms with E-state index in [2.05, 4.69) is 35.3 Å². The number of nitrogens with one attached hydrogen (secondary N) is 1. The molecule has 1 aromatic rings. The molecule has 0 aromatic heterocycles. The molecular weight excluding hydrogens is 224 g/mol. The van der Waals surface area contributed by atoms with Crippen molar-refractivity contribution in [2.45, 2.75) is 32.7 Å². The van der Waals surface area contributed by atoms with Gasteiger partial charge in [0.2, 0.25) is 0 Å².